The van der Waals surface area contributed by atoms with Gasteiger partial charge in [0.15, 0.2) is 18.1 Å². The van der Waals surface area contributed by atoms with E-state index in [-0.39, 0.29) is 0 Å². The lowest BCUT2D eigenvalue weighted by Gasteiger charge is -2.33. The van der Waals surface area contributed by atoms with Crippen LogP contribution in [0.25, 0.3) is 0 Å². The zero-order chi connectivity index (χ0) is 20.2. The van der Waals surface area contributed by atoms with E-state index in [1.54, 1.807) is 0 Å². The van der Waals surface area contributed by atoms with Gasteiger partial charge < -0.3 is 18.7 Å². The van der Waals surface area contributed by atoms with Crippen LogP contribution in [0.2, 0.25) is 0 Å². The molecule has 0 radical (unpaired) electrons. The number of hydrogen-bond donors (Lipinski definition) is 0. The third-order valence-corrected chi connectivity index (χ3v) is 5.29. The first-order chi connectivity index (χ1) is 14.8. The van der Waals surface area contributed by atoms with Gasteiger partial charge in [-0.1, -0.05) is 29.4 Å². The van der Waals surface area contributed by atoms with E-state index in [4.69, 9.17) is 18.7 Å². The number of aromatic nitrogens is 2. The maximum Gasteiger partial charge on any atom is 0.240 e. The minimum absolute atomic E-state index is 0.302. The van der Waals surface area contributed by atoms with Crippen molar-refractivity contribution in [2.75, 3.05) is 33.0 Å². The second-order valence-corrected chi connectivity index (χ2v) is 7.45. The Morgan fingerprint density at radius 1 is 0.867 bits per heavy atom. The summed E-state index contributed by atoms with van der Waals surface area (Å²) in [6.07, 6.45) is 0. The molecule has 0 amide bonds. The molecule has 8 nitrogen and oxygen atoms in total. The average Bonchev–Trinajstić information content (AvgIpc) is 3.43. The van der Waals surface area contributed by atoms with Crippen molar-refractivity contribution in [3.63, 3.8) is 0 Å². The van der Waals surface area contributed by atoms with E-state index in [0.29, 0.717) is 31.7 Å². The molecule has 2 aromatic carbocycles. The van der Waals surface area contributed by atoms with Crippen LogP contribution in [0.15, 0.2) is 53.1 Å². The highest BCUT2D eigenvalue weighted by atomic mass is 16.7. The van der Waals surface area contributed by atoms with Crippen molar-refractivity contribution in [2.45, 2.75) is 19.7 Å². The quantitative estimate of drug-likeness (QED) is 0.591. The monoisotopic (exact) mass is 408 g/mol. The van der Waals surface area contributed by atoms with Crippen molar-refractivity contribution >= 4 is 0 Å². The number of piperazine rings is 1. The first-order valence-electron chi connectivity index (χ1n) is 10.1. The van der Waals surface area contributed by atoms with Gasteiger partial charge in [0.1, 0.15) is 5.75 Å². The van der Waals surface area contributed by atoms with Gasteiger partial charge in [-0.25, -0.2) is 0 Å². The Balaban J connectivity index is 1.08. The van der Waals surface area contributed by atoms with Crippen molar-refractivity contribution in [3.8, 4) is 17.2 Å². The van der Waals surface area contributed by atoms with E-state index in [1.165, 1.54) is 5.56 Å². The summed E-state index contributed by atoms with van der Waals surface area (Å²) >= 11 is 0. The fraction of sp³-hybridized carbons (Fsp3) is 0.364. The SMILES string of the molecule is c1ccc(OCc2noc(CN3CCN(Cc4ccc5c(c4)OCO5)CC3)n2)cc1. The van der Waals surface area contributed by atoms with Gasteiger partial charge in [0.25, 0.3) is 0 Å². The fourth-order valence-electron chi connectivity index (χ4n) is 3.67. The number of nitrogens with zero attached hydrogens (tertiary/aromatic N) is 4. The first-order valence-corrected chi connectivity index (χ1v) is 10.1. The minimum Gasteiger partial charge on any atom is -0.485 e. The summed E-state index contributed by atoms with van der Waals surface area (Å²) in [5.74, 6) is 3.66. The lowest BCUT2D eigenvalue weighted by molar-refractivity contribution is 0.112. The van der Waals surface area contributed by atoms with E-state index in [0.717, 1.165) is 50.0 Å². The molecule has 1 fully saturated rings. The predicted molar refractivity (Wildman–Crippen MR) is 108 cm³/mol. The predicted octanol–water partition coefficient (Wildman–Crippen LogP) is 2.70. The van der Waals surface area contributed by atoms with Gasteiger partial charge in [-0.05, 0) is 29.8 Å². The van der Waals surface area contributed by atoms with Crippen LogP contribution in [0, 0.1) is 0 Å². The molecule has 0 aliphatic carbocycles. The average molecular weight is 408 g/mol. The second kappa shape index (κ2) is 8.73. The van der Waals surface area contributed by atoms with Gasteiger partial charge in [-0.15, -0.1) is 0 Å². The maximum atomic E-state index is 5.67. The van der Waals surface area contributed by atoms with Gasteiger partial charge in [0, 0.05) is 32.7 Å². The number of para-hydroxylation sites is 1. The molecule has 3 aromatic rings. The zero-order valence-electron chi connectivity index (χ0n) is 16.7. The van der Waals surface area contributed by atoms with Gasteiger partial charge in [-0.3, -0.25) is 9.80 Å². The number of rotatable bonds is 7. The lowest BCUT2D eigenvalue weighted by Crippen LogP contribution is -2.45. The highest BCUT2D eigenvalue weighted by Gasteiger charge is 2.20. The van der Waals surface area contributed by atoms with Gasteiger partial charge >= 0.3 is 0 Å². The van der Waals surface area contributed by atoms with Gasteiger partial charge in [-0.2, -0.15) is 4.98 Å². The number of benzene rings is 2. The standard InChI is InChI=1S/C22H24N4O4/c1-2-4-18(5-3-1)27-15-21-23-22(30-24-21)14-26-10-8-25(9-11-26)13-17-6-7-19-20(12-17)29-16-28-19/h1-7,12H,8-11,13-16H2. The highest BCUT2D eigenvalue weighted by Crippen LogP contribution is 2.32. The molecular formula is C22H24N4O4. The Labute approximate surface area is 174 Å². The molecule has 30 heavy (non-hydrogen) atoms. The van der Waals surface area contributed by atoms with Crippen LogP contribution >= 0.6 is 0 Å². The van der Waals surface area contributed by atoms with E-state index in [2.05, 4.69) is 32.1 Å². The maximum absolute atomic E-state index is 5.67. The molecule has 0 bridgehead atoms. The summed E-state index contributed by atoms with van der Waals surface area (Å²) in [7, 11) is 0. The normalized spacial score (nSPS) is 16.7. The summed E-state index contributed by atoms with van der Waals surface area (Å²) in [6.45, 7) is 6.09. The zero-order valence-corrected chi connectivity index (χ0v) is 16.7. The van der Waals surface area contributed by atoms with Crippen LogP contribution in [-0.4, -0.2) is 52.9 Å². The lowest BCUT2D eigenvalue weighted by atomic mass is 10.1. The van der Waals surface area contributed by atoms with Crippen LogP contribution in [0.4, 0.5) is 0 Å². The molecule has 3 heterocycles. The minimum atomic E-state index is 0.302. The Bertz CT molecular complexity index is 970. The molecule has 0 atom stereocenters. The van der Waals surface area contributed by atoms with E-state index in [1.807, 2.05) is 36.4 Å². The summed E-state index contributed by atoms with van der Waals surface area (Å²) in [6, 6.07) is 15.8. The summed E-state index contributed by atoms with van der Waals surface area (Å²) in [4.78, 5) is 9.24. The molecule has 0 saturated carbocycles. The molecule has 156 valence electrons. The van der Waals surface area contributed by atoms with Crippen LogP contribution < -0.4 is 14.2 Å². The highest BCUT2D eigenvalue weighted by molar-refractivity contribution is 5.44. The summed E-state index contributed by atoms with van der Waals surface area (Å²) in [5.41, 5.74) is 1.24. The molecule has 2 aliphatic heterocycles. The van der Waals surface area contributed by atoms with Gasteiger partial charge in [0.2, 0.25) is 18.5 Å². The molecule has 8 heteroatoms. The van der Waals surface area contributed by atoms with E-state index in [9.17, 15) is 0 Å². The third kappa shape index (κ3) is 4.55. The van der Waals surface area contributed by atoms with Crippen molar-refractivity contribution in [3.05, 3.63) is 65.8 Å². The summed E-state index contributed by atoms with van der Waals surface area (Å²) < 4.78 is 21.9. The Kier molecular flexibility index (Phi) is 5.50. The first kappa shape index (κ1) is 18.9. The van der Waals surface area contributed by atoms with Crippen LogP contribution in [-0.2, 0) is 19.7 Å². The van der Waals surface area contributed by atoms with E-state index < -0.39 is 0 Å². The number of hydrogen-bond acceptors (Lipinski definition) is 8. The Morgan fingerprint density at radius 2 is 1.63 bits per heavy atom. The van der Waals surface area contributed by atoms with Crippen molar-refractivity contribution < 1.29 is 18.7 Å². The fourth-order valence-corrected chi connectivity index (χ4v) is 3.67. The largest absolute Gasteiger partial charge is 0.485 e. The van der Waals surface area contributed by atoms with Gasteiger partial charge in [0.05, 0.1) is 6.54 Å². The van der Waals surface area contributed by atoms with Crippen LogP contribution in [0.1, 0.15) is 17.3 Å². The van der Waals surface area contributed by atoms with Crippen LogP contribution in [0.3, 0.4) is 0 Å². The molecule has 0 unspecified atom stereocenters. The molecule has 1 saturated heterocycles. The molecule has 1 aromatic heterocycles. The second-order valence-electron chi connectivity index (χ2n) is 7.45. The molecule has 0 N–H and O–H groups in total. The third-order valence-electron chi connectivity index (χ3n) is 5.29. The summed E-state index contributed by atoms with van der Waals surface area (Å²) in [5, 5.41) is 4.03. The van der Waals surface area contributed by atoms with Crippen molar-refractivity contribution in [2.24, 2.45) is 0 Å². The Hall–Kier alpha value is -3.10. The van der Waals surface area contributed by atoms with Crippen molar-refractivity contribution in [1.82, 2.24) is 19.9 Å². The molecule has 5 rings (SSSR count). The Morgan fingerprint density at radius 3 is 2.47 bits per heavy atom. The number of fused-ring (bicyclic) bond motifs is 1. The topological polar surface area (TPSA) is 73.1 Å². The smallest absolute Gasteiger partial charge is 0.240 e. The molecule has 2 aliphatic rings. The van der Waals surface area contributed by atoms with E-state index >= 15 is 0 Å². The van der Waals surface area contributed by atoms with Crippen molar-refractivity contribution in [1.29, 1.82) is 0 Å². The molecule has 0 spiro atoms. The number of ether oxygens (including phenoxy) is 3. The molecular weight excluding hydrogens is 384 g/mol. The van der Waals surface area contributed by atoms with Crippen LogP contribution in [0.5, 0.6) is 17.2 Å².